The Morgan fingerprint density at radius 3 is 2.60 bits per heavy atom. The van der Waals surface area contributed by atoms with Gasteiger partial charge in [0.15, 0.2) is 8.32 Å². The molecule has 296 valence electrons. The summed E-state index contributed by atoms with van der Waals surface area (Å²) in [5.41, 5.74) is 0.822. The van der Waals surface area contributed by atoms with Crippen molar-refractivity contribution in [3.8, 4) is 5.75 Å². The third-order valence-corrected chi connectivity index (χ3v) is 18.3. The monoisotopic (exact) mass is 791 g/mol. The number of methoxy groups -OCH3 is 1. The summed E-state index contributed by atoms with van der Waals surface area (Å²) < 4.78 is 55.8. The first-order valence-corrected chi connectivity index (χ1v) is 24.1. The lowest BCUT2D eigenvalue weighted by atomic mass is 9.70. The molecule has 1 amide bonds. The second-order valence-corrected chi connectivity index (χ2v) is 23.8. The topological polar surface area (TPSA) is 107 Å². The number of nitrogens with zero attached hydrogens (tertiary/aromatic N) is 2. The van der Waals surface area contributed by atoms with E-state index in [4.69, 9.17) is 30.2 Å². The number of ether oxygens (including phenoxy) is 3. The average Bonchev–Trinajstić information content (AvgIpc) is 3.09. The number of benzene rings is 1. The van der Waals surface area contributed by atoms with Crippen LogP contribution < -0.4 is 14.4 Å². The summed E-state index contributed by atoms with van der Waals surface area (Å²) >= 11 is 6.49. The fraction of sp³-hybridized carbons (Fsp3) is 0.675. The van der Waals surface area contributed by atoms with Crippen LogP contribution in [0.5, 0.6) is 5.75 Å². The Balaban J connectivity index is 1.53. The molecule has 2 aliphatic carbocycles. The van der Waals surface area contributed by atoms with Crippen LogP contribution in [0.1, 0.15) is 76.6 Å². The van der Waals surface area contributed by atoms with E-state index in [1.165, 1.54) is 4.31 Å². The van der Waals surface area contributed by atoms with Crippen molar-refractivity contribution < 1.29 is 31.8 Å². The highest BCUT2D eigenvalue weighted by Gasteiger charge is 2.44. The highest BCUT2D eigenvalue weighted by Crippen LogP contribution is 2.46. The number of allylic oxidation sites excluding steroid dienone is 3. The summed E-state index contributed by atoms with van der Waals surface area (Å²) in [5, 5.41) is 0.796. The number of rotatable bonds is 8. The zero-order valence-electron chi connectivity index (χ0n) is 32.9. The molecular weight excluding hydrogens is 730 g/mol. The molecule has 13 heteroatoms. The fourth-order valence-corrected chi connectivity index (χ4v) is 10.1. The van der Waals surface area contributed by atoms with Crippen molar-refractivity contribution in [3.05, 3.63) is 59.2 Å². The molecule has 0 spiro atoms. The van der Waals surface area contributed by atoms with Gasteiger partial charge in [-0.1, -0.05) is 70.0 Å². The number of amides is 1. The minimum absolute atomic E-state index is 0.0364. The van der Waals surface area contributed by atoms with Gasteiger partial charge in [-0.05, 0) is 92.3 Å². The van der Waals surface area contributed by atoms with Crippen LogP contribution in [0.25, 0.3) is 0 Å². The second-order valence-electron chi connectivity index (χ2n) is 16.9. The Kier molecular flexibility index (Phi) is 14.0. The van der Waals surface area contributed by atoms with Gasteiger partial charge in [0, 0.05) is 49.3 Å². The normalized spacial score (nSPS) is 29.3. The van der Waals surface area contributed by atoms with Gasteiger partial charge in [0.2, 0.25) is 0 Å². The quantitative estimate of drug-likeness (QED) is 0.162. The van der Waals surface area contributed by atoms with Crippen LogP contribution >= 0.6 is 11.6 Å². The van der Waals surface area contributed by atoms with Crippen LogP contribution in [0.3, 0.4) is 0 Å². The van der Waals surface area contributed by atoms with Crippen LogP contribution in [0.15, 0.2) is 53.6 Å². The van der Waals surface area contributed by atoms with Gasteiger partial charge in [-0.2, -0.15) is 12.7 Å². The smallest absolute Gasteiger partial charge is 0.304 e. The fourth-order valence-electron chi connectivity index (χ4n) is 7.41. The minimum atomic E-state index is -4.21. The number of nitrogens with one attached hydrogen (secondary N) is 1. The molecule has 0 aromatic heterocycles. The summed E-state index contributed by atoms with van der Waals surface area (Å²) in [6.07, 6.45) is 16.0. The van der Waals surface area contributed by atoms with Crippen LogP contribution in [0.4, 0.5) is 5.69 Å². The molecule has 2 bridgehead atoms. The zero-order valence-corrected chi connectivity index (χ0v) is 35.4. The van der Waals surface area contributed by atoms with Gasteiger partial charge in [-0.25, -0.2) is 4.72 Å². The Labute approximate surface area is 324 Å². The first-order valence-electron chi connectivity index (χ1n) is 19.3. The zero-order chi connectivity index (χ0) is 38.4. The molecule has 1 aromatic rings. The molecule has 1 aromatic carbocycles. The molecule has 0 radical (unpaired) electrons. The molecular formula is C40H62ClN3O7SSi. The summed E-state index contributed by atoms with van der Waals surface area (Å²) in [6.45, 7) is 16.8. The van der Waals surface area contributed by atoms with Crippen LogP contribution in [-0.2, 0) is 24.1 Å². The van der Waals surface area contributed by atoms with E-state index in [1.54, 1.807) is 13.2 Å². The molecule has 53 heavy (non-hydrogen) atoms. The van der Waals surface area contributed by atoms with Crippen molar-refractivity contribution in [2.45, 2.75) is 90.5 Å². The van der Waals surface area contributed by atoms with Crippen LogP contribution in [-0.4, -0.2) is 92.8 Å². The maximum absolute atomic E-state index is 13.8. The predicted octanol–water partition coefficient (Wildman–Crippen LogP) is 7.69. The van der Waals surface area contributed by atoms with Crippen molar-refractivity contribution in [1.82, 2.24) is 9.03 Å². The lowest BCUT2D eigenvalue weighted by molar-refractivity contribution is 0.0529. The minimum Gasteiger partial charge on any atom is -0.490 e. The molecule has 1 fully saturated rings. The molecule has 2 aliphatic heterocycles. The number of carbonyl (C=O) groups excluding carboxylic acids is 1. The average molecular weight is 793 g/mol. The van der Waals surface area contributed by atoms with Crippen molar-refractivity contribution >= 4 is 41.7 Å². The molecule has 5 rings (SSSR count). The maximum atomic E-state index is 13.8. The van der Waals surface area contributed by atoms with Crippen LogP contribution in [0.2, 0.25) is 18.1 Å². The summed E-state index contributed by atoms with van der Waals surface area (Å²) in [4.78, 5) is 16.1. The van der Waals surface area contributed by atoms with Gasteiger partial charge >= 0.3 is 10.2 Å². The SMILES string of the molecule is COCCOCCN1CC/C=C/C(O[Si](C)(C)C(C)(C)C)[C@@H]2CC[C@H]2CN2CCCCC3C=C(Cl)C=CC3(C)COc3ccc(cc32)C(=O)NS1(=O)=O. The number of hydrogen-bond acceptors (Lipinski definition) is 8. The van der Waals surface area contributed by atoms with E-state index in [9.17, 15) is 13.2 Å². The molecule has 5 atom stereocenters. The van der Waals surface area contributed by atoms with Gasteiger partial charge in [-0.3, -0.25) is 4.79 Å². The molecule has 3 unspecified atom stereocenters. The third kappa shape index (κ3) is 10.6. The predicted molar refractivity (Wildman–Crippen MR) is 215 cm³/mol. The van der Waals surface area contributed by atoms with Crippen molar-refractivity contribution in [2.75, 3.05) is 64.6 Å². The number of carbonyl (C=O) groups is 1. The van der Waals surface area contributed by atoms with Crippen molar-refractivity contribution in [1.29, 1.82) is 0 Å². The second kappa shape index (κ2) is 17.7. The van der Waals surface area contributed by atoms with E-state index in [-0.39, 0.29) is 47.7 Å². The molecule has 0 saturated heterocycles. The number of anilines is 1. The summed E-state index contributed by atoms with van der Waals surface area (Å²) in [7, 11) is -4.76. The van der Waals surface area contributed by atoms with E-state index in [0.717, 1.165) is 55.9 Å². The largest absolute Gasteiger partial charge is 0.490 e. The van der Waals surface area contributed by atoms with E-state index >= 15 is 0 Å². The van der Waals surface area contributed by atoms with E-state index in [0.29, 0.717) is 43.8 Å². The molecule has 4 aliphatic rings. The number of hydrogen-bond donors (Lipinski definition) is 1. The first kappa shape index (κ1) is 42.0. The summed E-state index contributed by atoms with van der Waals surface area (Å²) in [6, 6.07) is 5.30. The molecule has 2 heterocycles. The Morgan fingerprint density at radius 1 is 1.09 bits per heavy atom. The standard InChI is InChI=1S/C40H62ClN3O7SSi/c1-39(2,3)53(6,7)51-36-13-9-11-21-44(22-23-49-25-24-48-5)52(46,47)42-38(45)30-15-17-37-35(26-30)43(28-31-14-16-34(31)36)20-10-8-12-32-27-33(41)18-19-40(32,4)29-50-37/h9,13,15,17-19,26-27,31-32,34,36H,8,10-12,14,16,20-25,28-29H2,1-7H3,(H,42,45)/b13-9+/t31-,32?,34+,36?,40?/m0/s1. The van der Waals surface area contributed by atoms with Gasteiger partial charge in [-0.15, -0.1) is 0 Å². The van der Waals surface area contributed by atoms with Gasteiger partial charge in [0.05, 0.1) is 38.2 Å². The Morgan fingerprint density at radius 2 is 1.89 bits per heavy atom. The van der Waals surface area contributed by atoms with Crippen molar-refractivity contribution in [3.63, 3.8) is 0 Å². The van der Waals surface area contributed by atoms with Gasteiger partial charge in [0.25, 0.3) is 5.91 Å². The molecule has 10 nitrogen and oxygen atoms in total. The highest BCUT2D eigenvalue weighted by molar-refractivity contribution is 7.87. The third-order valence-electron chi connectivity index (χ3n) is 12.1. The van der Waals surface area contributed by atoms with Crippen LogP contribution in [0, 0.1) is 23.2 Å². The Bertz CT molecular complexity index is 1630. The van der Waals surface area contributed by atoms with E-state index in [1.807, 2.05) is 18.2 Å². The number of fused-ring (bicyclic) bond motifs is 3. The highest BCUT2D eigenvalue weighted by atomic mass is 35.5. The first-order chi connectivity index (χ1) is 25.0. The number of halogens is 1. The van der Waals surface area contributed by atoms with E-state index < -0.39 is 24.4 Å². The van der Waals surface area contributed by atoms with E-state index in [2.05, 4.69) is 74.7 Å². The Hall–Kier alpha value is -2.19. The summed E-state index contributed by atoms with van der Waals surface area (Å²) in [5.74, 6) is 0.936. The van der Waals surface area contributed by atoms with Crippen molar-refractivity contribution in [2.24, 2.45) is 23.2 Å². The lowest BCUT2D eigenvalue weighted by Gasteiger charge is -2.47. The lowest BCUT2D eigenvalue weighted by Crippen LogP contribution is -2.50. The van der Waals surface area contributed by atoms with Gasteiger partial charge in [0.1, 0.15) is 5.75 Å². The molecule has 1 N–H and O–H groups in total. The molecule has 1 saturated carbocycles. The van der Waals surface area contributed by atoms with Gasteiger partial charge < -0.3 is 23.5 Å². The maximum Gasteiger partial charge on any atom is 0.304 e.